The van der Waals surface area contributed by atoms with Gasteiger partial charge in [-0.3, -0.25) is 92.3 Å². The molecule has 1 unspecified atom stereocenters. The van der Waals surface area contributed by atoms with Crippen LogP contribution in [0.4, 0.5) is 11.4 Å². The van der Waals surface area contributed by atoms with Crippen molar-refractivity contribution in [1.29, 1.82) is 0 Å². The van der Waals surface area contributed by atoms with Gasteiger partial charge in [0.25, 0.3) is 0 Å². The normalized spacial score (nSPS) is 12.9. The first-order valence-corrected chi connectivity index (χ1v) is 29.3. The molecule has 1 aliphatic carbocycles. The fourth-order valence-corrected chi connectivity index (χ4v) is 10.2. The fraction of sp³-hybridized carbons (Fsp3) is 0.527. The molecular formula is C55H83Gd2N13O24S2+6. The smallest absolute Gasteiger partial charge is 0.480 e. The van der Waals surface area contributed by atoms with E-state index in [2.05, 4.69) is 31.9 Å². The number of benzene rings is 2. The number of thiocarbonyl (C=S) groups is 2. The molecule has 3 atom stereocenters. The average Bonchev–Trinajstić information content (AvgIpc) is 1.64. The summed E-state index contributed by atoms with van der Waals surface area (Å²) in [4.78, 5) is 149. The number of aliphatic carboxylic acids is 10. The molecule has 37 nitrogen and oxygen atoms in total. The molecule has 534 valence electrons. The van der Waals surface area contributed by atoms with Gasteiger partial charge in [-0.1, -0.05) is 24.3 Å². The molecule has 0 spiro atoms. The summed E-state index contributed by atoms with van der Waals surface area (Å²) >= 11 is 11.2. The van der Waals surface area contributed by atoms with Crippen molar-refractivity contribution < 1.29 is 199 Å². The van der Waals surface area contributed by atoms with Crippen molar-refractivity contribution >= 4 is 118 Å². The van der Waals surface area contributed by atoms with Gasteiger partial charge >= 0.3 is 140 Å². The van der Waals surface area contributed by atoms with Crippen LogP contribution in [0, 0.1) is 79.9 Å². The van der Waals surface area contributed by atoms with E-state index in [0.717, 1.165) is 19.6 Å². The van der Waals surface area contributed by atoms with Gasteiger partial charge < -0.3 is 94.3 Å². The molecule has 0 saturated heterocycles. The van der Waals surface area contributed by atoms with Crippen LogP contribution in [0.15, 0.2) is 48.5 Å². The molecule has 1 fully saturated rings. The van der Waals surface area contributed by atoms with Crippen LogP contribution in [0.5, 0.6) is 0 Å². The second kappa shape index (κ2) is 47.7. The number of anilines is 2. The Balaban J connectivity index is 0. The van der Waals surface area contributed by atoms with Crippen molar-refractivity contribution in [3.05, 3.63) is 59.7 Å². The van der Waals surface area contributed by atoms with Crippen molar-refractivity contribution in [1.82, 2.24) is 50.7 Å². The van der Waals surface area contributed by atoms with E-state index >= 15 is 0 Å². The Hall–Kier alpha value is -6.25. The summed E-state index contributed by atoms with van der Waals surface area (Å²) in [7, 11) is 0. The Kier molecular flexibility index (Phi) is 45.6. The van der Waals surface area contributed by atoms with Crippen molar-refractivity contribution in [3.63, 3.8) is 0 Å². The predicted molar refractivity (Wildman–Crippen MR) is 339 cm³/mol. The number of nitrogens with zero attached hydrogens (tertiary/aromatic N) is 6. The van der Waals surface area contributed by atoms with Crippen LogP contribution in [0.3, 0.4) is 0 Å². The monoisotopic (exact) mass is 1690 g/mol. The first kappa shape index (κ1) is 91.8. The number of unbranched alkanes of at least 4 members (excludes halogenated alkanes) is 1. The minimum atomic E-state index is -1.36. The second-order valence-corrected chi connectivity index (χ2v) is 22.5. The molecule has 41 heteroatoms. The summed E-state index contributed by atoms with van der Waals surface area (Å²) in [5.41, 5.74) is 6.62. The third-order valence-electron chi connectivity index (χ3n) is 13.8. The number of carboxylic acid groups (broad SMARTS) is 10. The Bertz CT molecular complexity index is 2860. The molecular weight excluding hydrogens is 1610 g/mol. The number of carboxylic acids is 10. The van der Waals surface area contributed by atoms with Gasteiger partial charge in [-0.25, -0.2) is 0 Å². The molecule has 0 bridgehead atoms. The number of carbonyl (C=O) groups is 12. The maximum Gasteiger partial charge on any atom is 3.00 e. The largest absolute Gasteiger partial charge is 3.00 e. The van der Waals surface area contributed by atoms with Crippen LogP contribution < -0.4 is 37.6 Å². The summed E-state index contributed by atoms with van der Waals surface area (Å²) < 4.78 is 0. The van der Waals surface area contributed by atoms with Gasteiger partial charge in [0.05, 0.1) is 83.7 Å². The molecule has 0 aromatic heterocycles. The van der Waals surface area contributed by atoms with Crippen molar-refractivity contribution in [2.45, 2.75) is 68.7 Å². The van der Waals surface area contributed by atoms with Crippen molar-refractivity contribution in [2.24, 2.45) is 5.73 Å². The zero-order valence-electron chi connectivity index (χ0n) is 51.7. The van der Waals surface area contributed by atoms with E-state index in [1.165, 1.54) is 9.80 Å². The van der Waals surface area contributed by atoms with Crippen LogP contribution in [-0.2, 0) is 70.4 Å². The van der Waals surface area contributed by atoms with Gasteiger partial charge in [-0.15, -0.1) is 0 Å². The predicted octanol–water partition coefficient (Wildman–Crippen LogP) is -4.99. The van der Waals surface area contributed by atoms with Gasteiger partial charge in [0.1, 0.15) is 0 Å². The first-order valence-electron chi connectivity index (χ1n) is 28.5. The van der Waals surface area contributed by atoms with Gasteiger partial charge in [0.15, 0.2) is 10.2 Å². The van der Waals surface area contributed by atoms with Gasteiger partial charge in [-0.05, 0) is 105 Å². The van der Waals surface area contributed by atoms with E-state index in [1.807, 2.05) is 0 Å². The number of carbonyl (C=O) groups excluding carboxylic acids is 2. The first-order chi connectivity index (χ1) is 43.3. The molecule has 22 N–H and O–H groups in total. The minimum absolute atomic E-state index is 0. The molecule has 1 saturated carbocycles. The number of rotatable bonds is 49. The molecule has 2 aromatic rings. The maximum absolute atomic E-state index is 13.4. The summed E-state index contributed by atoms with van der Waals surface area (Å²) in [6, 6.07) is 10.5. The molecule has 2 radical (unpaired) electrons. The van der Waals surface area contributed by atoms with Crippen molar-refractivity contribution in [2.75, 3.05) is 128 Å². The van der Waals surface area contributed by atoms with Gasteiger partial charge in [0, 0.05) is 69.3 Å². The summed E-state index contributed by atoms with van der Waals surface area (Å²) in [6.45, 7) is -8.07. The number of amides is 2. The van der Waals surface area contributed by atoms with Gasteiger partial charge in [-0.2, -0.15) is 0 Å². The van der Waals surface area contributed by atoms with E-state index in [9.17, 15) is 109 Å². The quantitative estimate of drug-likeness (QED) is 0.0168. The van der Waals surface area contributed by atoms with Crippen LogP contribution in [0.25, 0.3) is 0 Å². The van der Waals surface area contributed by atoms with Crippen LogP contribution in [-0.4, -0.2) is 315 Å². The van der Waals surface area contributed by atoms with E-state index in [0.29, 0.717) is 54.7 Å². The van der Waals surface area contributed by atoms with Crippen molar-refractivity contribution in [3.8, 4) is 0 Å². The Labute approximate surface area is 624 Å². The summed E-state index contributed by atoms with van der Waals surface area (Å²) in [6.07, 6.45) is 2.33. The number of hydrogen-bond donors (Lipinski definition) is 17. The molecule has 0 aliphatic heterocycles. The molecule has 0 heterocycles. The third-order valence-corrected chi connectivity index (χ3v) is 14.3. The maximum atomic E-state index is 13.4. The van der Waals surface area contributed by atoms with Crippen LogP contribution >= 0.6 is 24.4 Å². The molecule has 3 rings (SSSR count). The average molecular weight is 1690 g/mol. The number of nitrogens with one attached hydrogen (secondary N) is 6. The number of primary amides is 1. The summed E-state index contributed by atoms with van der Waals surface area (Å²) in [5.74, 6) is -14.6. The van der Waals surface area contributed by atoms with Crippen LogP contribution in [0.1, 0.15) is 43.2 Å². The van der Waals surface area contributed by atoms with Crippen LogP contribution in [0.2, 0.25) is 0 Å². The third kappa shape index (κ3) is 40.5. The number of hydrogen-bond acceptors (Lipinski definition) is 21. The molecule has 2 aromatic carbocycles. The van der Waals surface area contributed by atoms with E-state index < -0.39 is 167 Å². The Morgan fingerprint density at radius 1 is 0.458 bits per heavy atom. The molecule has 2 amide bonds. The van der Waals surface area contributed by atoms with E-state index in [1.54, 1.807) is 48.5 Å². The minimum Gasteiger partial charge on any atom is -0.480 e. The summed E-state index contributed by atoms with van der Waals surface area (Å²) in [5, 5.41) is 114. The Morgan fingerprint density at radius 2 is 0.781 bits per heavy atom. The fourth-order valence-electron chi connectivity index (χ4n) is 9.70. The van der Waals surface area contributed by atoms with Gasteiger partial charge in [0.2, 0.25) is 11.8 Å². The second-order valence-electron chi connectivity index (χ2n) is 21.7. The van der Waals surface area contributed by atoms with E-state index in [4.69, 9.17) is 30.2 Å². The topological polar surface area (TPSA) is 588 Å². The SMILES string of the molecule is NC(=O)CNC(=O)C(CCCCNC(=S)Nc1ccc(C[C@@H](CN(CCN(CC(=O)O)CC(=O)O)CC(=O)O)N(CC(=O)O)CC(=O)O)cc1)NC1(NC(=S)Nc2ccc(C[C@@H](CN(CCN(CC(=O)O)CC(=O)O)CC(=O)O)N(CC(=O)O)CC(=O)O)cc2)CC1.O.O.[Gd+3].[Gd+3]. The molecule has 96 heavy (non-hydrogen) atoms. The molecule has 1 aliphatic rings. The van der Waals surface area contributed by atoms with E-state index in [-0.39, 0.29) is 160 Å². The standard InChI is InChI=1S/C55H79N13O22S2.2Gd.2H2O/c56-41(69)21-58-52(90)40(3-1-2-14-57-53(91)59-36-8-4-34(5-9-36)19-38(67(30-48(82)83)31-49(84)85)22-63(24-42(70)71)15-17-65(26-44(74)75)27-45(76)77)61-55(12-13-55)62-54(92)60-37-10-6-35(7-11-37)20-39(68(32-50(86)87)33-51(88)89)23-64(25-43(72)73)16-18-66(28-46(78)79)29-47(80)81;;;;/h4-11,38-40,61H,1-3,12-33H2,(H2,56,69)(H,58,90)(H,70,71)(H,72,73)(H,74,75)(H,76,77)(H,78,79)(H,80,81)(H,82,83)(H,84,85)(H,86,87)(H,88,89)(H2,57,59,91)(H2,60,62,92);;;2*1H2/q;2*+3;;/t38-,39-,40?;;;;/m0..../s1. The zero-order valence-corrected chi connectivity index (χ0v) is 57.9. The Morgan fingerprint density at radius 3 is 1.10 bits per heavy atom. The number of nitrogens with two attached hydrogens (primary N) is 1. The zero-order chi connectivity index (χ0) is 68.7.